The first-order valence-corrected chi connectivity index (χ1v) is 6.60. The second-order valence-corrected chi connectivity index (χ2v) is 4.60. The fraction of sp³-hybridized carbons (Fsp3) is 0.188. The number of hydrogen-bond acceptors (Lipinski definition) is 2. The molecular weight excluding hydrogens is 258 g/mol. The zero-order chi connectivity index (χ0) is 13.7. The van der Waals surface area contributed by atoms with E-state index in [9.17, 15) is 0 Å². The van der Waals surface area contributed by atoms with Crippen LogP contribution in [0.2, 0.25) is 5.02 Å². The van der Waals surface area contributed by atoms with Crippen molar-refractivity contribution in [3.8, 4) is 5.75 Å². The Bertz CT molecular complexity index is 576. The van der Waals surface area contributed by atoms with Gasteiger partial charge in [-0.05, 0) is 61.4 Å². The van der Waals surface area contributed by atoms with Crippen LogP contribution in [0, 0.1) is 6.92 Å². The molecule has 0 amide bonds. The monoisotopic (exact) mass is 273 g/mol. The molecule has 2 aromatic carbocycles. The number of nitrogens with zero attached hydrogens (tertiary/aromatic N) is 1. The minimum Gasteiger partial charge on any atom is -0.494 e. The van der Waals surface area contributed by atoms with Crippen LogP contribution in [0.5, 0.6) is 5.75 Å². The lowest BCUT2D eigenvalue weighted by Gasteiger charge is -2.02. The average Bonchev–Trinajstić information content (AvgIpc) is 2.42. The molecule has 0 bridgehead atoms. The highest BCUT2D eigenvalue weighted by molar-refractivity contribution is 6.31. The standard InChI is InChI=1S/C16H16ClNO/c1-3-19-15-8-5-13(6-9-15)11-18-14-7-4-12(2)16(17)10-14/h4-11H,3H2,1-2H3. The van der Waals surface area contributed by atoms with Crippen molar-refractivity contribution in [3.05, 3.63) is 58.6 Å². The second kappa shape index (κ2) is 6.39. The molecule has 0 saturated heterocycles. The SMILES string of the molecule is CCOc1ccc(C=Nc2ccc(C)c(Cl)c2)cc1. The third-order valence-corrected chi connectivity index (χ3v) is 3.12. The topological polar surface area (TPSA) is 21.6 Å². The van der Waals surface area contributed by atoms with Crippen molar-refractivity contribution in [2.24, 2.45) is 4.99 Å². The van der Waals surface area contributed by atoms with Crippen LogP contribution >= 0.6 is 11.6 Å². The summed E-state index contributed by atoms with van der Waals surface area (Å²) in [5.41, 5.74) is 2.94. The van der Waals surface area contributed by atoms with E-state index in [0.29, 0.717) is 6.61 Å². The quantitative estimate of drug-likeness (QED) is 0.734. The lowest BCUT2D eigenvalue weighted by molar-refractivity contribution is 0.340. The summed E-state index contributed by atoms with van der Waals surface area (Å²) < 4.78 is 5.39. The first kappa shape index (κ1) is 13.6. The summed E-state index contributed by atoms with van der Waals surface area (Å²) in [6.07, 6.45) is 1.82. The molecule has 3 heteroatoms. The first-order chi connectivity index (χ1) is 9.19. The zero-order valence-corrected chi connectivity index (χ0v) is 11.8. The van der Waals surface area contributed by atoms with Gasteiger partial charge < -0.3 is 4.74 Å². The van der Waals surface area contributed by atoms with Gasteiger partial charge in [0.25, 0.3) is 0 Å². The number of aliphatic imine (C=N–C) groups is 1. The lowest BCUT2D eigenvalue weighted by Crippen LogP contribution is -1.91. The van der Waals surface area contributed by atoms with Gasteiger partial charge in [0.1, 0.15) is 5.75 Å². The summed E-state index contributed by atoms with van der Waals surface area (Å²) in [6, 6.07) is 13.6. The predicted octanol–water partition coefficient (Wildman–Crippen LogP) is 4.80. The number of halogens is 1. The van der Waals surface area contributed by atoms with Gasteiger partial charge >= 0.3 is 0 Å². The Morgan fingerprint density at radius 1 is 1.16 bits per heavy atom. The van der Waals surface area contributed by atoms with Gasteiger partial charge in [0.15, 0.2) is 0 Å². The van der Waals surface area contributed by atoms with Crippen LogP contribution < -0.4 is 4.74 Å². The van der Waals surface area contributed by atoms with Gasteiger partial charge in [-0.15, -0.1) is 0 Å². The lowest BCUT2D eigenvalue weighted by atomic mass is 10.2. The van der Waals surface area contributed by atoms with E-state index < -0.39 is 0 Å². The Kier molecular flexibility index (Phi) is 4.58. The molecule has 19 heavy (non-hydrogen) atoms. The number of hydrogen-bond donors (Lipinski definition) is 0. The van der Waals surface area contributed by atoms with Gasteiger partial charge in [-0.3, -0.25) is 4.99 Å². The molecule has 0 aromatic heterocycles. The molecule has 0 aliphatic carbocycles. The molecule has 0 unspecified atom stereocenters. The smallest absolute Gasteiger partial charge is 0.119 e. The highest BCUT2D eigenvalue weighted by Crippen LogP contribution is 2.22. The third-order valence-electron chi connectivity index (χ3n) is 2.71. The van der Waals surface area contributed by atoms with Crippen molar-refractivity contribution in [3.63, 3.8) is 0 Å². The molecule has 98 valence electrons. The van der Waals surface area contributed by atoms with E-state index in [2.05, 4.69) is 4.99 Å². The van der Waals surface area contributed by atoms with Gasteiger partial charge in [-0.1, -0.05) is 17.7 Å². The third kappa shape index (κ3) is 3.83. The van der Waals surface area contributed by atoms with Crippen molar-refractivity contribution in [2.45, 2.75) is 13.8 Å². The molecular formula is C16H16ClNO. The molecule has 0 atom stereocenters. The van der Waals surface area contributed by atoms with Crippen molar-refractivity contribution >= 4 is 23.5 Å². The second-order valence-electron chi connectivity index (χ2n) is 4.19. The van der Waals surface area contributed by atoms with Crippen LogP contribution in [0.1, 0.15) is 18.1 Å². The van der Waals surface area contributed by atoms with E-state index in [4.69, 9.17) is 16.3 Å². The molecule has 0 radical (unpaired) electrons. The molecule has 0 aliphatic heterocycles. The molecule has 0 spiro atoms. The molecule has 2 rings (SSSR count). The van der Waals surface area contributed by atoms with Crippen molar-refractivity contribution in [1.29, 1.82) is 0 Å². The van der Waals surface area contributed by atoms with E-state index in [0.717, 1.165) is 27.6 Å². The fourth-order valence-electron chi connectivity index (χ4n) is 1.63. The largest absolute Gasteiger partial charge is 0.494 e. The van der Waals surface area contributed by atoms with Crippen molar-refractivity contribution < 1.29 is 4.74 Å². The summed E-state index contributed by atoms with van der Waals surface area (Å²) in [4.78, 5) is 4.40. The van der Waals surface area contributed by atoms with Crippen LogP contribution in [-0.4, -0.2) is 12.8 Å². The summed E-state index contributed by atoms with van der Waals surface area (Å²) in [7, 11) is 0. The Morgan fingerprint density at radius 3 is 2.53 bits per heavy atom. The Morgan fingerprint density at radius 2 is 1.89 bits per heavy atom. The minimum absolute atomic E-state index is 0.676. The Labute approximate surface area is 118 Å². The van der Waals surface area contributed by atoms with Crippen LogP contribution in [-0.2, 0) is 0 Å². The van der Waals surface area contributed by atoms with Gasteiger partial charge in [0, 0.05) is 11.2 Å². The maximum Gasteiger partial charge on any atom is 0.119 e. The average molecular weight is 274 g/mol. The van der Waals surface area contributed by atoms with Crippen molar-refractivity contribution in [1.82, 2.24) is 0 Å². The van der Waals surface area contributed by atoms with E-state index in [-0.39, 0.29) is 0 Å². The number of aryl methyl sites for hydroxylation is 1. The summed E-state index contributed by atoms with van der Waals surface area (Å²) in [5.74, 6) is 0.873. The fourth-order valence-corrected chi connectivity index (χ4v) is 1.80. The minimum atomic E-state index is 0.676. The highest BCUT2D eigenvalue weighted by atomic mass is 35.5. The number of benzene rings is 2. The summed E-state index contributed by atoms with van der Waals surface area (Å²) in [6.45, 7) is 4.62. The van der Waals surface area contributed by atoms with Gasteiger partial charge in [0.2, 0.25) is 0 Å². The van der Waals surface area contributed by atoms with E-state index >= 15 is 0 Å². The first-order valence-electron chi connectivity index (χ1n) is 6.22. The van der Waals surface area contributed by atoms with Gasteiger partial charge in [0.05, 0.1) is 12.3 Å². The van der Waals surface area contributed by atoms with Crippen LogP contribution in [0.25, 0.3) is 0 Å². The molecule has 0 saturated carbocycles. The highest BCUT2D eigenvalue weighted by Gasteiger charge is 1.96. The van der Waals surface area contributed by atoms with Gasteiger partial charge in [-0.25, -0.2) is 0 Å². The molecule has 0 heterocycles. The van der Waals surface area contributed by atoms with Crippen LogP contribution in [0.15, 0.2) is 47.5 Å². The molecule has 0 N–H and O–H groups in total. The van der Waals surface area contributed by atoms with E-state index in [1.165, 1.54) is 0 Å². The van der Waals surface area contributed by atoms with E-state index in [1.54, 1.807) is 0 Å². The molecule has 2 aromatic rings. The van der Waals surface area contributed by atoms with Crippen LogP contribution in [0.3, 0.4) is 0 Å². The predicted molar refractivity (Wildman–Crippen MR) is 81.1 cm³/mol. The Balaban J connectivity index is 2.11. The normalized spacial score (nSPS) is 10.9. The van der Waals surface area contributed by atoms with Crippen LogP contribution in [0.4, 0.5) is 5.69 Å². The number of ether oxygens (including phenoxy) is 1. The maximum absolute atomic E-state index is 6.06. The maximum atomic E-state index is 6.06. The molecule has 0 fully saturated rings. The van der Waals surface area contributed by atoms with Gasteiger partial charge in [-0.2, -0.15) is 0 Å². The number of rotatable bonds is 4. The molecule has 0 aliphatic rings. The van der Waals surface area contributed by atoms with Crippen molar-refractivity contribution in [2.75, 3.05) is 6.61 Å². The van der Waals surface area contributed by atoms with E-state index in [1.807, 2.05) is 62.5 Å². The Hall–Kier alpha value is -1.80. The summed E-state index contributed by atoms with van der Waals surface area (Å²) >= 11 is 6.06. The zero-order valence-electron chi connectivity index (χ0n) is 11.1. The summed E-state index contributed by atoms with van der Waals surface area (Å²) in [5, 5.41) is 0.737. The molecule has 2 nitrogen and oxygen atoms in total.